The Kier molecular flexibility index (Phi) is 7.78. The van der Waals surface area contributed by atoms with E-state index >= 15 is 0 Å². The first-order valence-electron chi connectivity index (χ1n) is 14.4. The molecule has 4 heterocycles. The number of amides is 2. The Morgan fingerprint density at radius 2 is 1.72 bits per heavy atom. The quantitative estimate of drug-likeness (QED) is 0.182. The van der Waals surface area contributed by atoms with Gasteiger partial charge in [-0.1, -0.05) is 56.3 Å². The summed E-state index contributed by atoms with van der Waals surface area (Å²) in [5.41, 5.74) is 5.50. The second kappa shape index (κ2) is 12.0. The van der Waals surface area contributed by atoms with Crippen molar-refractivity contribution < 1.29 is 14.3 Å². The molecule has 0 aliphatic carbocycles. The first-order valence-corrected chi connectivity index (χ1v) is 14.4. The van der Waals surface area contributed by atoms with Gasteiger partial charge in [0.15, 0.2) is 0 Å². The molecule has 11 nitrogen and oxygen atoms in total. The second-order valence-corrected chi connectivity index (χ2v) is 11.0. The second-order valence-electron chi connectivity index (χ2n) is 11.0. The number of fused-ring (bicyclic) bond motifs is 1. The summed E-state index contributed by atoms with van der Waals surface area (Å²) in [5.74, 6) is 1.25. The van der Waals surface area contributed by atoms with Crippen molar-refractivity contribution in [2.24, 2.45) is 5.92 Å². The number of ether oxygens (including phenoxy) is 1. The highest BCUT2D eigenvalue weighted by Gasteiger charge is 2.37. The monoisotopic (exact) mass is 578 g/mol. The summed E-state index contributed by atoms with van der Waals surface area (Å²) in [6, 6.07) is 19.3. The number of para-hydroxylation sites is 1. The largest absolute Gasteiger partial charge is 0.453 e. The van der Waals surface area contributed by atoms with Gasteiger partial charge in [0, 0.05) is 17.9 Å². The highest BCUT2D eigenvalue weighted by atomic mass is 16.5. The molecule has 43 heavy (non-hydrogen) atoms. The van der Waals surface area contributed by atoms with Crippen LogP contribution in [0.1, 0.15) is 38.6 Å². The zero-order valence-corrected chi connectivity index (χ0v) is 24.3. The van der Waals surface area contributed by atoms with E-state index in [4.69, 9.17) is 4.74 Å². The van der Waals surface area contributed by atoms with Crippen LogP contribution in [0.25, 0.3) is 33.5 Å². The van der Waals surface area contributed by atoms with Gasteiger partial charge in [-0.25, -0.2) is 19.7 Å². The number of benzene rings is 2. The van der Waals surface area contributed by atoms with Crippen molar-refractivity contribution in [2.75, 3.05) is 19.0 Å². The van der Waals surface area contributed by atoms with Gasteiger partial charge in [-0.3, -0.25) is 4.79 Å². The molecule has 4 N–H and O–H groups in total. The van der Waals surface area contributed by atoms with E-state index in [9.17, 15) is 9.59 Å². The molecule has 0 unspecified atom stereocenters. The van der Waals surface area contributed by atoms with Crippen LogP contribution in [0.15, 0.2) is 73.2 Å². The summed E-state index contributed by atoms with van der Waals surface area (Å²) in [7, 11) is 1.29. The van der Waals surface area contributed by atoms with Crippen molar-refractivity contribution in [3.63, 3.8) is 0 Å². The van der Waals surface area contributed by atoms with E-state index in [1.807, 2.05) is 61.2 Å². The van der Waals surface area contributed by atoms with Gasteiger partial charge in [0.1, 0.15) is 29.7 Å². The Labute approximate surface area is 249 Å². The van der Waals surface area contributed by atoms with Gasteiger partial charge in [-0.05, 0) is 48.1 Å². The van der Waals surface area contributed by atoms with Crippen LogP contribution in [0.5, 0.6) is 0 Å². The minimum absolute atomic E-state index is 0.0884. The number of aromatic amines is 2. The van der Waals surface area contributed by atoms with Crippen LogP contribution in [0.3, 0.4) is 0 Å². The van der Waals surface area contributed by atoms with Crippen LogP contribution in [0.4, 0.5) is 16.3 Å². The summed E-state index contributed by atoms with van der Waals surface area (Å²) < 4.78 is 4.74. The number of carbonyl (C=O) groups is 2. The topological polar surface area (TPSA) is 141 Å². The average Bonchev–Trinajstić information content (AvgIpc) is 3.80. The van der Waals surface area contributed by atoms with E-state index in [-0.39, 0.29) is 17.9 Å². The predicted octanol–water partition coefficient (Wildman–Crippen LogP) is 5.80. The first kappa shape index (κ1) is 28.0. The van der Waals surface area contributed by atoms with Crippen molar-refractivity contribution >= 4 is 34.5 Å². The van der Waals surface area contributed by atoms with Gasteiger partial charge in [0.05, 0.1) is 30.4 Å². The van der Waals surface area contributed by atoms with Crippen LogP contribution >= 0.6 is 0 Å². The van der Waals surface area contributed by atoms with Gasteiger partial charge in [-0.2, -0.15) is 0 Å². The molecule has 2 atom stereocenters. The smallest absolute Gasteiger partial charge is 0.407 e. The summed E-state index contributed by atoms with van der Waals surface area (Å²) in [6.45, 7) is 4.42. The van der Waals surface area contributed by atoms with Crippen LogP contribution in [-0.2, 0) is 9.53 Å². The van der Waals surface area contributed by atoms with E-state index in [0.29, 0.717) is 6.54 Å². The molecule has 2 amide bonds. The highest BCUT2D eigenvalue weighted by molar-refractivity contribution is 5.93. The summed E-state index contributed by atoms with van der Waals surface area (Å²) >= 11 is 0. The third-order valence-corrected chi connectivity index (χ3v) is 7.81. The number of rotatable bonds is 8. The number of likely N-dealkylation sites (tertiary alicyclic amines) is 1. The average molecular weight is 579 g/mol. The number of nitrogens with one attached hydrogen (secondary N) is 4. The molecule has 5 aromatic rings. The van der Waals surface area contributed by atoms with Crippen LogP contribution < -0.4 is 10.6 Å². The lowest BCUT2D eigenvalue weighted by Crippen LogP contribution is -2.51. The van der Waals surface area contributed by atoms with Gasteiger partial charge in [0.2, 0.25) is 5.91 Å². The number of anilines is 2. The zero-order valence-electron chi connectivity index (χ0n) is 24.3. The van der Waals surface area contributed by atoms with Crippen molar-refractivity contribution in [1.82, 2.24) is 35.1 Å². The lowest BCUT2D eigenvalue weighted by molar-refractivity contribution is -0.135. The van der Waals surface area contributed by atoms with E-state index in [1.54, 1.807) is 12.5 Å². The molecule has 220 valence electrons. The van der Waals surface area contributed by atoms with Gasteiger partial charge >= 0.3 is 6.09 Å². The van der Waals surface area contributed by atoms with Crippen molar-refractivity contribution in [3.05, 3.63) is 79.0 Å². The van der Waals surface area contributed by atoms with Crippen LogP contribution in [-0.4, -0.2) is 61.5 Å². The first-order chi connectivity index (χ1) is 20.9. The molecule has 1 aliphatic rings. The zero-order chi connectivity index (χ0) is 29.9. The molecule has 0 spiro atoms. The summed E-state index contributed by atoms with van der Waals surface area (Å²) in [5, 5.41) is 6.96. The SMILES string of the molecule is COC(=O)N[C@H](C(=O)N1CCC[C@H]1c1ncc(-c2ccc(-c3cc4c(Nc5ccccc5)ncnc4[nH]3)cc2)[nH]1)C(C)C. The van der Waals surface area contributed by atoms with Crippen LogP contribution in [0, 0.1) is 5.92 Å². The number of aromatic nitrogens is 5. The molecule has 0 saturated carbocycles. The maximum atomic E-state index is 13.4. The fourth-order valence-corrected chi connectivity index (χ4v) is 5.53. The van der Waals surface area contributed by atoms with E-state index in [0.717, 1.165) is 63.7 Å². The lowest BCUT2D eigenvalue weighted by Gasteiger charge is -2.30. The molecule has 1 fully saturated rings. The standard InChI is InChI=1S/C32H34N8O3/c1-19(2)27(39-32(42)43-3)31(41)40-15-7-10-26(40)30-33-17-25(38-30)21-13-11-20(12-14-21)24-16-23-28(34-18-35-29(23)37-24)36-22-8-5-4-6-9-22/h4-6,8-9,11-14,16-19,26-27H,7,10,15H2,1-3H3,(H,33,38)(H,39,42)(H2,34,35,36,37)/t26-,27-/m0/s1. The van der Waals surface area contributed by atoms with E-state index in [2.05, 4.69) is 53.8 Å². The number of nitrogens with zero attached hydrogens (tertiary/aromatic N) is 4. The number of H-pyrrole nitrogens is 2. The van der Waals surface area contributed by atoms with Crippen molar-refractivity contribution in [2.45, 2.75) is 38.8 Å². The molecule has 2 aromatic carbocycles. The number of methoxy groups -OCH3 is 1. The van der Waals surface area contributed by atoms with E-state index < -0.39 is 12.1 Å². The fraction of sp³-hybridized carbons (Fsp3) is 0.281. The molecule has 1 aliphatic heterocycles. The lowest BCUT2D eigenvalue weighted by atomic mass is 10.0. The normalized spacial score (nSPS) is 15.5. The Morgan fingerprint density at radius 3 is 2.44 bits per heavy atom. The van der Waals surface area contributed by atoms with Crippen LogP contribution in [0.2, 0.25) is 0 Å². The summed E-state index contributed by atoms with van der Waals surface area (Å²) in [6.07, 6.45) is 4.39. The maximum Gasteiger partial charge on any atom is 0.407 e. The third-order valence-electron chi connectivity index (χ3n) is 7.81. The molecule has 1 saturated heterocycles. The Morgan fingerprint density at radius 1 is 0.977 bits per heavy atom. The number of carbonyl (C=O) groups excluding carboxylic acids is 2. The Hall–Kier alpha value is -5.19. The minimum Gasteiger partial charge on any atom is -0.453 e. The van der Waals surface area contributed by atoms with Gasteiger partial charge in [0.25, 0.3) is 0 Å². The molecule has 0 radical (unpaired) electrons. The summed E-state index contributed by atoms with van der Waals surface area (Å²) in [4.78, 5) is 47.5. The Bertz CT molecular complexity index is 1730. The number of imidazole rings is 1. The Balaban J connectivity index is 1.19. The van der Waals surface area contributed by atoms with Gasteiger partial charge in [-0.15, -0.1) is 0 Å². The maximum absolute atomic E-state index is 13.4. The van der Waals surface area contributed by atoms with E-state index in [1.165, 1.54) is 7.11 Å². The predicted molar refractivity (Wildman–Crippen MR) is 164 cm³/mol. The molecule has 6 rings (SSSR count). The third kappa shape index (κ3) is 5.78. The molecule has 3 aromatic heterocycles. The molecule has 0 bridgehead atoms. The molecule has 11 heteroatoms. The number of alkyl carbamates (subject to hydrolysis) is 1. The molecular weight excluding hydrogens is 544 g/mol. The number of hydrogen-bond donors (Lipinski definition) is 4. The van der Waals surface area contributed by atoms with Crippen molar-refractivity contribution in [1.29, 1.82) is 0 Å². The number of hydrogen-bond acceptors (Lipinski definition) is 7. The fourth-order valence-electron chi connectivity index (χ4n) is 5.53. The highest BCUT2D eigenvalue weighted by Crippen LogP contribution is 2.34. The van der Waals surface area contributed by atoms with Gasteiger partial charge < -0.3 is 30.2 Å². The van der Waals surface area contributed by atoms with Crippen molar-refractivity contribution in [3.8, 4) is 22.5 Å². The molecular formula is C32H34N8O3. The minimum atomic E-state index is -0.671.